The van der Waals surface area contributed by atoms with Crippen LogP contribution in [0.25, 0.3) is 0 Å². The van der Waals surface area contributed by atoms with E-state index in [-0.39, 0.29) is 36.4 Å². The van der Waals surface area contributed by atoms with E-state index in [1.54, 1.807) is 37.3 Å². The number of carboxylic acids is 1. The SMILES string of the molecule is COc1ccc(CN(C(=O)COc2c(Br)cccc2C(=O)O)[C@@H](C)c2ccccc2)c(OC)c1. The number of rotatable bonds is 10. The number of hydrogen-bond donors (Lipinski definition) is 1. The second kappa shape index (κ2) is 11.6. The summed E-state index contributed by atoms with van der Waals surface area (Å²) in [5.74, 6) is -0.0921. The van der Waals surface area contributed by atoms with Gasteiger partial charge >= 0.3 is 5.97 Å². The van der Waals surface area contributed by atoms with E-state index in [1.807, 2.05) is 49.4 Å². The van der Waals surface area contributed by atoms with Crippen LogP contribution in [0.3, 0.4) is 0 Å². The van der Waals surface area contributed by atoms with Crippen molar-refractivity contribution in [3.8, 4) is 17.2 Å². The third-order valence-corrected chi connectivity index (χ3v) is 6.07. The molecule has 3 aromatic rings. The molecule has 1 atom stereocenters. The van der Waals surface area contributed by atoms with Crippen LogP contribution in [0.4, 0.5) is 0 Å². The summed E-state index contributed by atoms with van der Waals surface area (Å²) in [5.41, 5.74) is 1.73. The number of hydrogen-bond acceptors (Lipinski definition) is 5. The number of carbonyl (C=O) groups is 2. The first-order valence-electron chi connectivity index (χ1n) is 10.6. The minimum absolute atomic E-state index is 0.0262. The minimum Gasteiger partial charge on any atom is -0.497 e. The average Bonchev–Trinajstić information content (AvgIpc) is 2.86. The molecule has 0 saturated heterocycles. The van der Waals surface area contributed by atoms with Crippen molar-refractivity contribution in [2.75, 3.05) is 20.8 Å². The quantitative estimate of drug-likeness (QED) is 0.383. The van der Waals surface area contributed by atoms with Gasteiger partial charge in [0.2, 0.25) is 0 Å². The molecule has 0 aliphatic rings. The molecular weight excluding hydrogens is 502 g/mol. The minimum atomic E-state index is -1.14. The number of aromatic carboxylic acids is 1. The lowest BCUT2D eigenvalue weighted by Gasteiger charge is -2.30. The van der Waals surface area contributed by atoms with Gasteiger partial charge in [0.25, 0.3) is 5.91 Å². The topological polar surface area (TPSA) is 85.3 Å². The van der Waals surface area contributed by atoms with Crippen molar-refractivity contribution >= 4 is 27.8 Å². The first kappa shape index (κ1) is 25.1. The molecule has 0 saturated carbocycles. The zero-order valence-electron chi connectivity index (χ0n) is 19.2. The number of halogens is 1. The van der Waals surface area contributed by atoms with Gasteiger partial charge in [-0.1, -0.05) is 36.4 Å². The Balaban J connectivity index is 1.90. The van der Waals surface area contributed by atoms with E-state index in [2.05, 4.69) is 15.9 Å². The Labute approximate surface area is 207 Å². The molecule has 8 heteroatoms. The van der Waals surface area contributed by atoms with Crippen molar-refractivity contribution in [3.63, 3.8) is 0 Å². The summed E-state index contributed by atoms with van der Waals surface area (Å²) in [6.45, 7) is 1.86. The monoisotopic (exact) mass is 527 g/mol. The summed E-state index contributed by atoms with van der Waals surface area (Å²) in [6, 6.07) is 19.5. The number of ether oxygens (including phenoxy) is 3. The third-order valence-electron chi connectivity index (χ3n) is 5.44. The highest BCUT2D eigenvalue weighted by molar-refractivity contribution is 9.10. The zero-order valence-corrected chi connectivity index (χ0v) is 20.7. The highest BCUT2D eigenvalue weighted by Gasteiger charge is 2.25. The van der Waals surface area contributed by atoms with Gasteiger partial charge in [-0.3, -0.25) is 4.79 Å². The van der Waals surface area contributed by atoms with E-state index in [0.717, 1.165) is 11.1 Å². The number of carbonyl (C=O) groups excluding carboxylic acids is 1. The van der Waals surface area contributed by atoms with Crippen molar-refractivity contribution in [1.29, 1.82) is 0 Å². The fourth-order valence-corrected chi connectivity index (χ4v) is 4.04. The Morgan fingerprint density at radius 3 is 2.38 bits per heavy atom. The van der Waals surface area contributed by atoms with E-state index in [1.165, 1.54) is 6.07 Å². The number of carboxylic acid groups (broad SMARTS) is 1. The molecule has 1 N–H and O–H groups in total. The fraction of sp³-hybridized carbons (Fsp3) is 0.231. The summed E-state index contributed by atoms with van der Waals surface area (Å²) in [7, 11) is 3.14. The Morgan fingerprint density at radius 1 is 1.00 bits per heavy atom. The van der Waals surface area contributed by atoms with Crippen molar-refractivity contribution in [1.82, 2.24) is 4.90 Å². The fourth-order valence-electron chi connectivity index (χ4n) is 3.56. The summed E-state index contributed by atoms with van der Waals surface area (Å²) in [4.78, 5) is 26.7. The molecule has 0 heterocycles. The van der Waals surface area contributed by atoms with Crippen LogP contribution in [0.2, 0.25) is 0 Å². The van der Waals surface area contributed by atoms with Gasteiger partial charge in [-0.2, -0.15) is 0 Å². The molecule has 7 nitrogen and oxygen atoms in total. The van der Waals surface area contributed by atoms with Crippen molar-refractivity contribution in [2.24, 2.45) is 0 Å². The summed E-state index contributed by atoms with van der Waals surface area (Å²) in [6.07, 6.45) is 0. The van der Waals surface area contributed by atoms with E-state index < -0.39 is 5.97 Å². The summed E-state index contributed by atoms with van der Waals surface area (Å²) >= 11 is 3.31. The van der Waals surface area contributed by atoms with Crippen LogP contribution in [-0.4, -0.2) is 42.7 Å². The molecule has 0 aliphatic carbocycles. The van der Waals surface area contributed by atoms with Crippen LogP contribution in [0.15, 0.2) is 71.2 Å². The van der Waals surface area contributed by atoms with E-state index in [9.17, 15) is 14.7 Å². The first-order chi connectivity index (χ1) is 16.3. The van der Waals surface area contributed by atoms with Gasteiger partial charge in [0, 0.05) is 11.6 Å². The lowest BCUT2D eigenvalue weighted by molar-refractivity contribution is -0.136. The van der Waals surface area contributed by atoms with Crippen LogP contribution < -0.4 is 14.2 Å². The molecule has 0 spiro atoms. The predicted molar refractivity (Wildman–Crippen MR) is 132 cm³/mol. The average molecular weight is 528 g/mol. The number of nitrogens with zero attached hydrogens (tertiary/aromatic N) is 1. The van der Waals surface area contributed by atoms with E-state index >= 15 is 0 Å². The summed E-state index contributed by atoms with van der Waals surface area (Å²) < 4.78 is 17.0. The number of methoxy groups -OCH3 is 2. The Bertz CT molecular complexity index is 1150. The van der Waals surface area contributed by atoms with Gasteiger partial charge in [0.1, 0.15) is 22.8 Å². The molecule has 3 aromatic carbocycles. The Morgan fingerprint density at radius 2 is 1.74 bits per heavy atom. The second-order valence-corrected chi connectivity index (χ2v) is 8.35. The highest BCUT2D eigenvalue weighted by atomic mass is 79.9. The normalized spacial score (nSPS) is 11.4. The molecule has 0 aromatic heterocycles. The van der Waals surface area contributed by atoms with Crippen LogP contribution in [0.5, 0.6) is 17.2 Å². The molecule has 0 bridgehead atoms. The number of para-hydroxylation sites is 1. The molecule has 178 valence electrons. The van der Waals surface area contributed by atoms with Gasteiger partial charge in [-0.25, -0.2) is 4.79 Å². The molecule has 1 amide bonds. The van der Waals surface area contributed by atoms with Crippen LogP contribution in [0, 0.1) is 0 Å². The second-order valence-electron chi connectivity index (χ2n) is 7.50. The van der Waals surface area contributed by atoms with Crippen molar-refractivity contribution in [2.45, 2.75) is 19.5 Å². The van der Waals surface area contributed by atoms with Crippen molar-refractivity contribution in [3.05, 3.63) is 87.9 Å². The van der Waals surface area contributed by atoms with Crippen LogP contribution in [-0.2, 0) is 11.3 Å². The molecular formula is C26H26BrNO6. The number of amides is 1. The van der Waals surface area contributed by atoms with Gasteiger partial charge in [-0.15, -0.1) is 0 Å². The van der Waals surface area contributed by atoms with Gasteiger partial charge in [0.05, 0.1) is 31.3 Å². The smallest absolute Gasteiger partial charge is 0.339 e. The van der Waals surface area contributed by atoms with E-state index in [4.69, 9.17) is 14.2 Å². The lowest BCUT2D eigenvalue weighted by Crippen LogP contribution is -2.36. The van der Waals surface area contributed by atoms with Gasteiger partial charge < -0.3 is 24.2 Å². The third kappa shape index (κ3) is 5.88. The molecule has 3 rings (SSSR count). The number of benzene rings is 3. The molecule has 0 unspecified atom stereocenters. The van der Waals surface area contributed by atoms with Crippen molar-refractivity contribution < 1.29 is 28.9 Å². The molecule has 0 aliphatic heterocycles. The molecule has 34 heavy (non-hydrogen) atoms. The standard InChI is InChI=1S/C26H26BrNO6/c1-17(18-8-5-4-6-9-18)28(15-19-12-13-20(32-2)14-23(19)33-3)24(29)16-34-25-21(26(30)31)10-7-11-22(25)27/h4-14,17H,15-16H2,1-3H3,(H,30,31)/t17-/m0/s1. The van der Waals surface area contributed by atoms with Gasteiger partial charge in [-0.05, 0) is 52.7 Å². The maximum Gasteiger partial charge on any atom is 0.339 e. The van der Waals surface area contributed by atoms with Crippen LogP contribution >= 0.6 is 15.9 Å². The predicted octanol–water partition coefficient (Wildman–Crippen LogP) is 5.33. The highest BCUT2D eigenvalue weighted by Crippen LogP contribution is 2.31. The van der Waals surface area contributed by atoms with E-state index in [0.29, 0.717) is 16.0 Å². The Kier molecular flexibility index (Phi) is 8.54. The lowest BCUT2D eigenvalue weighted by atomic mass is 10.1. The maximum atomic E-state index is 13.4. The summed E-state index contributed by atoms with van der Waals surface area (Å²) in [5, 5.41) is 9.48. The maximum absolute atomic E-state index is 13.4. The Hall–Kier alpha value is -3.52. The van der Waals surface area contributed by atoms with Crippen LogP contribution in [0.1, 0.15) is 34.5 Å². The van der Waals surface area contributed by atoms with Gasteiger partial charge in [0.15, 0.2) is 6.61 Å². The molecule has 0 radical (unpaired) electrons. The first-order valence-corrected chi connectivity index (χ1v) is 11.3. The largest absolute Gasteiger partial charge is 0.497 e. The molecule has 0 fully saturated rings. The zero-order chi connectivity index (χ0) is 24.7.